The van der Waals surface area contributed by atoms with E-state index in [0.717, 1.165) is 9.75 Å². The summed E-state index contributed by atoms with van der Waals surface area (Å²) < 4.78 is 32.5. The molecule has 0 spiro atoms. The zero-order chi connectivity index (χ0) is 17.5. The zero-order valence-corrected chi connectivity index (χ0v) is 15.9. The average Bonchev–Trinajstić information content (AvgIpc) is 3.12. The van der Waals surface area contributed by atoms with Crippen LogP contribution in [0, 0.1) is 20.8 Å². The lowest BCUT2D eigenvalue weighted by atomic mass is 10.2. The minimum atomic E-state index is -3.42. The Kier molecular flexibility index (Phi) is 4.78. The maximum absolute atomic E-state index is 12.8. The normalized spacial score (nSPS) is 18.8. The molecule has 9 heteroatoms. The van der Waals surface area contributed by atoms with Gasteiger partial charge in [0.05, 0.1) is 10.9 Å². The third-order valence-corrected chi connectivity index (χ3v) is 7.45. The Morgan fingerprint density at radius 3 is 2.38 bits per heavy atom. The monoisotopic (exact) mass is 370 g/mol. The average molecular weight is 371 g/mol. The van der Waals surface area contributed by atoms with E-state index >= 15 is 0 Å². The third-order valence-electron chi connectivity index (χ3n) is 4.33. The van der Waals surface area contributed by atoms with Crippen molar-refractivity contribution in [2.24, 2.45) is 0 Å². The Labute approximate surface area is 146 Å². The molecule has 0 amide bonds. The molecule has 1 saturated heterocycles. The number of hydrogen-bond donors (Lipinski definition) is 0. The van der Waals surface area contributed by atoms with Gasteiger partial charge in [0.2, 0.25) is 15.9 Å². The second-order valence-electron chi connectivity index (χ2n) is 6.07. The smallest absolute Gasteiger partial charge is 0.244 e. The summed E-state index contributed by atoms with van der Waals surface area (Å²) in [6.07, 6.45) is 0. The lowest BCUT2D eigenvalue weighted by Gasteiger charge is -2.36. The molecule has 0 aromatic carbocycles. The Morgan fingerprint density at radius 2 is 1.88 bits per heavy atom. The second kappa shape index (κ2) is 6.55. The summed E-state index contributed by atoms with van der Waals surface area (Å²) in [5, 5.41) is 3.82. The number of piperazine rings is 1. The quantitative estimate of drug-likeness (QED) is 0.820. The van der Waals surface area contributed by atoms with Gasteiger partial charge in [0, 0.05) is 35.9 Å². The predicted octanol–water partition coefficient (Wildman–Crippen LogP) is 2.12. The van der Waals surface area contributed by atoms with E-state index in [-0.39, 0.29) is 6.04 Å². The number of hydrogen-bond acceptors (Lipinski definition) is 7. The minimum absolute atomic E-state index is 0.0128. The Morgan fingerprint density at radius 1 is 1.21 bits per heavy atom. The van der Waals surface area contributed by atoms with E-state index in [4.69, 9.17) is 4.52 Å². The van der Waals surface area contributed by atoms with Gasteiger partial charge in [0.25, 0.3) is 0 Å². The van der Waals surface area contributed by atoms with Gasteiger partial charge in [-0.25, -0.2) is 8.42 Å². The summed E-state index contributed by atoms with van der Waals surface area (Å²) in [5.41, 5.74) is 0. The van der Waals surface area contributed by atoms with E-state index in [1.165, 1.54) is 11.3 Å². The van der Waals surface area contributed by atoms with E-state index in [1.807, 2.05) is 20.8 Å². The maximum atomic E-state index is 12.8. The van der Waals surface area contributed by atoms with Crippen LogP contribution in [0.15, 0.2) is 15.5 Å². The molecule has 0 N–H and O–H groups in total. The first-order valence-corrected chi connectivity index (χ1v) is 10.2. The van der Waals surface area contributed by atoms with Crippen LogP contribution >= 0.6 is 11.3 Å². The van der Waals surface area contributed by atoms with Crippen LogP contribution < -0.4 is 0 Å². The lowest BCUT2D eigenvalue weighted by Crippen LogP contribution is -2.49. The molecule has 3 heterocycles. The van der Waals surface area contributed by atoms with Crippen LogP contribution in [0.2, 0.25) is 0 Å². The van der Waals surface area contributed by atoms with Crippen LogP contribution in [0.3, 0.4) is 0 Å². The zero-order valence-electron chi connectivity index (χ0n) is 14.3. The summed E-state index contributed by atoms with van der Waals surface area (Å²) in [5.74, 6) is 1.19. The van der Waals surface area contributed by atoms with Crippen molar-refractivity contribution in [3.05, 3.63) is 27.5 Å². The van der Waals surface area contributed by atoms with E-state index in [0.29, 0.717) is 42.8 Å². The van der Waals surface area contributed by atoms with Gasteiger partial charge in [0.15, 0.2) is 5.82 Å². The molecule has 0 aliphatic carbocycles. The molecule has 3 rings (SSSR count). The number of nitrogens with zero attached hydrogens (tertiary/aromatic N) is 4. The van der Waals surface area contributed by atoms with E-state index < -0.39 is 10.0 Å². The standard InChI is InChI=1S/C15H22N4O3S2/c1-10-9-14(12(3)23-10)24(20,21)19-7-5-18(6-8-19)11(2)15-16-13(4)17-22-15/h9,11H,5-8H2,1-4H3. The summed E-state index contributed by atoms with van der Waals surface area (Å²) in [6.45, 7) is 9.80. The molecule has 0 bridgehead atoms. The van der Waals surface area contributed by atoms with Crippen molar-refractivity contribution in [2.75, 3.05) is 26.2 Å². The summed E-state index contributed by atoms with van der Waals surface area (Å²) >= 11 is 1.52. The van der Waals surface area contributed by atoms with Crippen molar-refractivity contribution in [3.8, 4) is 0 Å². The molecule has 1 atom stereocenters. The Bertz CT molecular complexity index is 820. The molecule has 1 fully saturated rings. The van der Waals surface area contributed by atoms with Gasteiger partial charge >= 0.3 is 0 Å². The van der Waals surface area contributed by atoms with Crippen molar-refractivity contribution < 1.29 is 12.9 Å². The summed E-state index contributed by atoms with van der Waals surface area (Å²) in [6, 6.07) is 1.76. The van der Waals surface area contributed by atoms with Crippen LogP contribution in [0.25, 0.3) is 0 Å². The van der Waals surface area contributed by atoms with Crippen molar-refractivity contribution in [1.82, 2.24) is 19.3 Å². The summed E-state index contributed by atoms with van der Waals surface area (Å²) in [7, 11) is -3.42. The van der Waals surface area contributed by atoms with Crippen molar-refractivity contribution in [3.63, 3.8) is 0 Å². The van der Waals surface area contributed by atoms with Gasteiger partial charge in [-0.2, -0.15) is 9.29 Å². The van der Waals surface area contributed by atoms with Crippen LogP contribution in [-0.4, -0.2) is 53.9 Å². The first-order valence-electron chi connectivity index (χ1n) is 7.90. The van der Waals surface area contributed by atoms with Gasteiger partial charge in [0.1, 0.15) is 0 Å². The molecule has 132 valence electrons. The van der Waals surface area contributed by atoms with Gasteiger partial charge in [-0.05, 0) is 33.8 Å². The minimum Gasteiger partial charge on any atom is -0.338 e. The largest absolute Gasteiger partial charge is 0.338 e. The molecule has 2 aromatic rings. The molecule has 7 nitrogen and oxygen atoms in total. The van der Waals surface area contributed by atoms with E-state index in [2.05, 4.69) is 15.0 Å². The van der Waals surface area contributed by atoms with Gasteiger partial charge in [-0.15, -0.1) is 11.3 Å². The topological polar surface area (TPSA) is 79.5 Å². The first-order chi connectivity index (χ1) is 11.3. The first kappa shape index (κ1) is 17.5. The second-order valence-corrected chi connectivity index (χ2v) is 9.44. The van der Waals surface area contributed by atoms with Gasteiger partial charge in [-0.3, -0.25) is 4.90 Å². The highest BCUT2D eigenvalue weighted by Gasteiger charge is 2.33. The number of aromatic nitrogens is 2. The SMILES string of the molecule is Cc1noc(C(C)N2CCN(S(=O)(=O)c3cc(C)sc3C)CC2)n1. The fraction of sp³-hybridized carbons (Fsp3) is 0.600. The molecule has 24 heavy (non-hydrogen) atoms. The molecule has 1 aliphatic heterocycles. The Hall–Kier alpha value is -1.29. The maximum Gasteiger partial charge on any atom is 0.244 e. The fourth-order valence-corrected chi connectivity index (χ4v) is 5.92. The van der Waals surface area contributed by atoms with Crippen LogP contribution in [0.1, 0.15) is 34.4 Å². The van der Waals surface area contributed by atoms with Crippen molar-refractivity contribution in [1.29, 1.82) is 0 Å². The molecule has 1 aliphatic rings. The molecule has 1 unspecified atom stereocenters. The van der Waals surface area contributed by atoms with Crippen LogP contribution in [0.4, 0.5) is 0 Å². The van der Waals surface area contributed by atoms with Crippen LogP contribution in [0.5, 0.6) is 0 Å². The van der Waals surface area contributed by atoms with Gasteiger partial charge in [-0.1, -0.05) is 5.16 Å². The highest BCUT2D eigenvalue weighted by Crippen LogP contribution is 2.29. The summed E-state index contributed by atoms with van der Waals surface area (Å²) in [4.78, 5) is 8.75. The number of thiophene rings is 1. The van der Waals surface area contributed by atoms with E-state index in [1.54, 1.807) is 17.3 Å². The number of sulfonamides is 1. The Balaban J connectivity index is 1.69. The molecular weight excluding hydrogens is 348 g/mol. The highest BCUT2D eigenvalue weighted by molar-refractivity contribution is 7.89. The molecular formula is C15H22N4O3S2. The number of aryl methyl sites for hydroxylation is 3. The van der Waals surface area contributed by atoms with Crippen molar-refractivity contribution >= 4 is 21.4 Å². The third kappa shape index (κ3) is 3.26. The van der Waals surface area contributed by atoms with Gasteiger partial charge < -0.3 is 4.52 Å². The molecule has 2 aromatic heterocycles. The predicted molar refractivity (Wildman–Crippen MR) is 91.6 cm³/mol. The molecule has 0 saturated carbocycles. The van der Waals surface area contributed by atoms with E-state index in [9.17, 15) is 8.42 Å². The highest BCUT2D eigenvalue weighted by atomic mass is 32.2. The van der Waals surface area contributed by atoms with Crippen molar-refractivity contribution in [2.45, 2.75) is 38.6 Å². The fourth-order valence-electron chi connectivity index (χ4n) is 2.97. The number of rotatable bonds is 4. The molecule has 0 radical (unpaired) electrons. The van der Waals surface area contributed by atoms with Crippen LogP contribution in [-0.2, 0) is 10.0 Å². The lowest BCUT2D eigenvalue weighted by molar-refractivity contribution is 0.124.